The number of fused-ring (bicyclic) bond motifs is 3. The molecule has 0 spiro atoms. The normalized spacial score (nSPS) is 13.2. The number of carbonyl (C=O) groups excluding carboxylic acids is 1. The summed E-state index contributed by atoms with van der Waals surface area (Å²) in [6, 6.07) is 7.43. The molecule has 0 saturated heterocycles. The second-order valence-corrected chi connectivity index (χ2v) is 7.93. The van der Waals surface area contributed by atoms with Crippen LogP contribution in [-0.2, 0) is 17.6 Å². The SMILES string of the molecule is CCN(CC(=O)Nc1ccccc1OC)c1ncnc2sc3c(c12)CCCC3. The number of nitrogens with zero attached hydrogens (tertiary/aromatic N) is 3. The van der Waals surface area contributed by atoms with Crippen LogP contribution in [0.1, 0.15) is 30.2 Å². The lowest BCUT2D eigenvalue weighted by molar-refractivity contribution is -0.115. The van der Waals surface area contributed by atoms with Gasteiger partial charge in [0.1, 0.15) is 22.7 Å². The zero-order valence-electron chi connectivity index (χ0n) is 16.2. The van der Waals surface area contributed by atoms with Crippen LogP contribution in [0.25, 0.3) is 10.2 Å². The minimum Gasteiger partial charge on any atom is -0.495 e. The van der Waals surface area contributed by atoms with Crippen molar-refractivity contribution < 1.29 is 9.53 Å². The van der Waals surface area contributed by atoms with Crippen molar-refractivity contribution in [2.24, 2.45) is 0 Å². The highest BCUT2D eigenvalue weighted by Gasteiger charge is 2.23. The highest BCUT2D eigenvalue weighted by atomic mass is 32.1. The predicted molar refractivity (Wildman–Crippen MR) is 114 cm³/mol. The van der Waals surface area contributed by atoms with E-state index in [1.54, 1.807) is 24.8 Å². The van der Waals surface area contributed by atoms with Crippen LogP contribution in [0.3, 0.4) is 0 Å². The molecule has 3 aromatic rings. The molecule has 6 nitrogen and oxygen atoms in total. The van der Waals surface area contributed by atoms with E-state index in [4.69, 9.17) is 4.74 Å². The molecule has 1 amide bonds. The Morgan fingerprint density at radius 3 is 2.89 bits per heavy atom. The second-order valence-electron chi connectivity index (χ2n) is 6.85. The Labute approximate surface area is 168 Å². The van der Waals surface area contributed by atoms with Crippen molar-refractivity contribution in [3.8, 4) is 5.75 Å². The van der Waals surface area contributed by atoms with Gasteiger partial charge in [-0.15, -0.1) is 11.3 Å². The Balaban J connectivity index is 1.61. The van der Waals surface area contributed by atoms with Crippen LogP contribution < -0.4 is 15.0 Å². The molecule has 0 unspecified atom stereocenters. The standard InChI is InChI=1S/C21H24N4O2S/c1-3-25(12-18(26)24-15-9-5-6-10-16(15)27-2)20-19-14-8-4-7-11-17(14)28-21(19)23-13-22-20/h5-6,9-10,13H,3-4,7-8,11-12H2,1-2H3,(H,24,26). The van der Waals surface area contributed by atoms with Crippen LogP contribution in [0, 0.1) is 0 Å². The fourth-order valence-electron chi connectivity index (χ4n) is 3.76. The van der Waals surface area contributed by atoms with Crippen molar-refractivity contribution in [1.29, 1.82) is 0 Å². The number of amides is 1. The number of aromatic nitrogens is 2. The minimum absolute atomic E-state index is 0.0952. The van der Waals surface area contributed by atoms with E-state index in [1.165, 1.54) is 23.3 Å². The van der Waals surface area contributed by atoms with Crippen molar-refractivity contribution in [2.75, 3.05) is 30.4 Å². The maximum absolute atomic E-state index is 12.7. The van der Waals surface area contributed by atoms with Gasteiger partial charge < -0.3 is 15.0 Å². The number of para-hydroxylation sites is 2. The van der Waals surface area contributed by atoms with Gasteiger partial charge in [-0.25, -0.2) is 9.97 Å². The average Bonchev–Trinajstić information content (AvgIpc) is 3.11. The smallest absolute Gasteiger partial charge is 0.244 e. The van der Waals surface area contributed by atoms with Gasteiger partial charge in [0.2, 0.25) is 5.91 Å². The number of benzene rings is 1. The molecule has 1 N–H and O–H groups in total. The summed E-state index contributed by atoms with van der Waals surface area (Å²) in [6.45, 7) is 2.96. The van der Waals surface area contributed by atoms with Crippen LogP contribution in [0.4, 0.5) is 11.5 Å². The Kier molecular flexibility index (Phi) is 5.43. The number of ether oxygens (including phenoxy) is 1. The number of rotatable bonds is 6. The lowest BCUT2D eigenvalue weighted by Crippen LogP contribution is -2.34. The van der Waals surface area contributed by atoms with Crippen molar-refractivity contribution in [3.05, 3.63) is 41.0 Å². The van der Waals surface area contributed by atoms with Crippen molar-refractivity contribution >= 4 is 39.0 Å². The zero-order chi connectivity index (χ0) is 19.5. The Bertz CT molecular complexity index is 1000. The lowest BCUT2D eigenvalue weighted by atomic mass is 9.97. The van der Waals surface area contributed by atoms with Gasteiger partial charge in [0.05, 0.1) is 24.7 Å². The summed E-state index contributed by atoms with van der Waals surface area (Å²) >= 11 is 1.77. The molecule has 0 radical (unpaired) electrons. The molecule has 0 bridgehead atoms. The molecule has 0 atom stereocenters. The highest BCUT2D eigenvalue weighted by Crippen LogP contribution is 2.39. The van der Waals surface area contributed by atoms with E-state index in [2.05, 4.69) is 15.3 Å². The molecular formula is C21H24N4O2S. The van der Waals surface area contributed by atoms with Gasteiger partial charge in [0.15, 0.2) is 0 Å². The van der Waals surface area contributed by atoms with E-state index >= 15 is 0 Å². The Morgan fingerprint density at radius 2 is 2.07 bits per heavy atom. The first-order chi connectivity index (χ1) is 13.7. The molecule has 146 valence electrons. The third kappa shape index (κ3) is 3.54. The fourth-order valence-corrected chi connectivity index (χ4v) is 4.98. The van der Waals surface area contributed by atoms with Crippen LogP contribution in [-0.4, -0.2) is 36.1 Å². The number of carbonyl (C=O) groups is 1. The van der Waals surface area contributed by atoms with Crippen molar-refractivity contribution in [3.63, 3.8) is 0 Å². The van der Waals surface area contributed by atoms with E-state index in [1.807, 2.05) is 36.1 Å². The molecule has 1 aromatic carbocycles. The Morgan fingerprint density at radius 1 is 1.25 bits per heavy atom. The molecule has 0 fully saturated rings. The molecule has 0 aliphatic heterocycles. The molecule has 28 heavy (non-hydrogen) atoms. The number of likely N-dealkylation sites (N-methyl/N-ethyl adjacent to an activating group) is 1. The number of hydrogen-bond acceptors (Lipinski definition) is 6. The number of hydrogen-bond donors (Lipinski definition) is 1. The molecule has 1 aliphatic carbocycles. The molecule has 4 rings (SSSR count). The maximum atomic E-state index is 12.7. The molecule has 2 heterocycles. The molecular weight excluding hydrogens is 372 g/mol. The van der Waals surface area contributed by atoms with Gasteiger partial charge in [-0.1, -0.05) is 12.1 Å². The summed E-state index contributed by atoms with van der Waals surface area (Å²) < 4.78 is 5.32. The number of aryl methyl sites for hydroxylation is 2. The van der Waals surface area contributed by atoms with Crippen molar-refractivity contribution in [1.82, 2.24) is 9.97 Å². The topological polar surface area (TPSA) is 67.4 Å². The van der Waals surface area contributed by atoms with Gasteiger partial charge in [0, 0.05) is 11.4 Å². The Hall–Kier alpha value is -2.67. The molecule has 7 heteroatoms. The van der Waals surface area contributed by atoms with E-state index < -0.39 is 0 Å². The maximum Gasteiger partial charge on any atom is 0.244 e. The second kappa shape index (κ2) is 8.14. The van der Waals surface area contributed by atoms with E-state index in [0.717, 1.165) is 28.9 Å². The van der Waals surface area contributed by atoms with Gasteiger partial charge >= 0.3 is 0 Å². The van der Waals surface area contributed by atoms with Crippen molar-refractivity contribution in [2.45, 2.75) is 32.6 Å². The molecule has 0 saturated carbocycles. The van der Waals surface area contributed by atoms with Crippen LogP contribution in [0.15, 0.2) is 30.6 Å². The van der Waals surface area contributed by atoms with E-state index in [9.17, 15) is 4.79 Å². The van der Waals surface area contributed by atoms with E-state index in [0.29, 0.717) is 18.0 Å². The number of nitrogens with one attached hydrogen (secondary N) is 1. The van der Waals surface area contributed by atoms with Crippen LogP contribution in [0.2, 0.25) is 0 Å². The van der Waals surface area contributed by atoms with Gasteiger partial charge in [-0.2, -0.15) is 0 Å². The summed E-state index contributed by atoms with van der Waals surface area (Å²) in [5.41, 5.74) is 2.05. The highest BCUT2D eigenvalue weighted by molar-refractivity contribution is 7.19. The number of thiophene rings is 1. The van der Waals surface area contributed by atoms with Gasteiger partial charge in [-0.3, -0.25) is 4.79 Å². The average molecular weight is 397 g/mol. The van der Waals surface area contributed by atoms with E-state index in [-0.39, 0.29) is 12.5 Å². The predicted octanol–water partition coefficient (Wildman–Crippen LogP) is 4.04. The first-order valence-corrected chi connectivity index (χ1v) is 10.5. The summed E-state index contributed by atoms with van der Waals surface area (Å²) in [6.07, 6.45) is 6.24. The summed E-state index contributed by atoms with van der Waals surface area (Å²) in [5, 5.41) is 4.09. The lowest BCUT2D eigenvalue weighted by Gasteiger charge is -2.23. The largest absolute Gasteiger partial charge is 0.495 e. The summed E-state index contributed by atoms with van der Waals surface area (Å²) in [4.78, 5) is 26.3. The number of anilines is 2. The zero-order valence-corrected chi connectivity index (χ0v) is 17.0. The first-order valence-electron chi connectivity index (χ1n) is 9.64. The number of methoxy groups -OCH3 is 1. The summed E-state index contributed by atoms with van der Waals surface area (Å²) in [5.74, 6) is 1.42. The summed E-state index contributed by atoms with van der Waals surface area (Å²) in [7, 11) is 1.60. The molecule has 1 aliphatic rings. The third-order valence-corrected chi connectivity index (χ3v) is 6.33. The third-order valence-electron chi connectivity index (χ3n) is 5.13. The monoisotopic (exact) mass is 396 g/mol. The van der Waals surface area contributed by atoms with Crippen LogP contribution >= 0.6 is 11.3 Å². The molecule has 2 aromatic heterocycles. The van der Waals surface area contributed by atoms with Crippen LogP contribution in [0.5, 0.6) is 5.75 Å². The first kappa shape index (κ1) is 18.7. The van der Waals surface area contributed by atoms with Gasteiger partial charge in [0.25, 0.3) is 0 Å². The fraction of sp³-hybridized carbons (Fsp3) is 0.381. The minimum atomic E-state index is -0.0952. The van der Waals surface area contributed by atoms with Gasteiger partial charge in [-0.05, 0) is 50.3 Å². The quantitative estimate of drug-likeness (QED) is 0.681.